The van der Waals surface area contributed by atoms with Crippen molar-refractivity contribution >= 4 is 6.29 Å². The minimum absolute atomic E-state index is 0.156. The van der Waals surface area contributed by atoms with Crippen molar-refractivity contribution in [2.24, 2.45) is 5.73 Å². The van der Waals surface area contributed by atoms with Gasteiger partial charge in [0.05, 0.1) is 6.04 Å². The van der Waals surface area contributed by atoms with Gasteiger partial charge in [0.15, 0.2) is 0 Å². The van der Waals surface area contributed by atoms with Gasteiger partial charge in [-0.3, -0.25) is 4.90 Å². The third-order valence-electron chi connectivity index (χ3n) is 1.99. The van der Waals surface area contributed by atoms with Crippen LogP contribution in [0.25, 0.3) is 0 Å². The molecule has 3 nitrogen and oxygen atoms in total. The van der Waals surface area contributed by atoms with E-state index in [4.69, 9.17) is 5.73 Å². The summed E-state index contributed by atoms with van der Waals surface area (Å²) >= 11 is 0. The molecule has 1 atom stereocenters. The molecule has 0 radical (unpaired) electrons. The van der Waals surface area contributed by atoms with E-state index in [9.17, 15) is 4.79 Å². The minimum Gasteiger partial charge on any atom is -0.329 e. The summed E-state index contributed by atoms with van der Waals surface area (Å²) in [5, 5.41) is 0. The highest BCUT2D eigenvalue weighted by Crippen LogP contribution is 2.13. The van der Waals surface area contributed by atoms with Crippen molar-refractivity contribution in [3.8, 4) is 0 Å². The second kappa shape index (κ2) is 3.68. The highest BCUT2D eigenvalue weighted by Gasteiger charge is 2.22. The molecule has 0 aromatic carbocycles. The van der Waals surface area contributed by atoms with Gasteiger partial charge in [0.1, 0.15) is 6.29 Å². The normalized spacial score (nSPS) is 27.1. The molecule has 2 N–H and O–H groups in total. The van der Waals surface area contributed by atoms with Gasteiger partial charge in [-0.25, -0.2) is 0 Å². The molecule has 1 fully saturated rings. The van der Waals surface area contributed by atoms with E-state index in [1.165, 1.54) is 0 Å². The van der Waals surface area contributed by atoms with E-state index >= 15 is 0 Å². The summed E-state index contributed by atoms with van der Waals surface area (Å²) in [6.07, 6.45) is 3.19. The van der Waals surface area contributed by atoms with Crippen molar-refractivity contribution in [2.75, 3.05) is 19.6 Å². The molecule has 58 valence electrons. The Kier molecular flexibility index (Phi) is 2.83. The molecule has 1 rings (SSSR count). The zero-order valence-corrected chi connectivity index (χ0v) is 6.12. The van der Waals surface area contributed by atoms with Gasteiger partial charge in [0, 0.05) is 13.1 Å². The van der Waals surface area contributed by atoms with Crippen LogP contribution in [0.2, 0.25) is 0 Å². The molecule has 0 saturated carbocycles. The van der Waals surface area contributed by atoms with Crippen molar-refractivity contribution in [3.05, 3.63) is 0 Å². The number of rotatable bonds is 3. The lowest BCUT2D eigenvalue weighted by Crippen LogP contribution is -2.34. The quantitative estimate of drug-likeness (QED) is 0.546. The second-order valence-corrected chi connectivity index (χ2v) is 2.67. The SMILES string of the molecule is NCCN1CCCC1C=O. The smallest absolute Gasteiger partial charge is 0.137 e. The second-order valence-electron chi connectivity index (χ2n) is 2.67. The molecule has 0 bridgehead atoms. The lowest BCUT2D eigenvalue weighted by Gasteiger charge is -2.17. The van der Waals surface area contributed by atoms with Crippen molar-refractivity contribution in [2.45, 2.75) is 18.9 Å². The predicted molar refractivity (Wildman–Crippen MR) is 39.7 cm³/mol. The van der Waals surface area contributed by atoms with Gasteiger partial charge in [-0.1, -0.05) is 0 Å². The van der Waals surface area contributed by atoms with Crippen LogP contribution in [0.1, 0.15) is 12.8 Å². The number of carbonyl (C=O) groups excluding carboxylic acids is 1. The molecule has 1 aliphatic heterocycles. The van der Waals surface area contributed by atoms with Crippen molar-refractivity contribution in [1.29, 1.82) is 0 Å². The number of hydrogen-bond donors (Lipinski definition) is 1. The van der Waals surface area contributed by atoms with Gasteiger partial charge in [-0.05, 0) is 19.4 Å². The molecule has 0 spiro atoms. The number of likely N-dealkylation sites (tertiary alicyclic amines) is 1. The number of nitrogens with zero attached hydrogens (tertiary/aromatic N) is 1. The van der Waals surface area contributed by atoms with Crippen LogP contribution in [0.15, 0.2) is 0 Å². The lowest BCUT2D eigenvalue weighted by atomic mass is 10.2. The Hall–Kier alpha value is -0.410. The summed E-state index contributed by atoms with van der Waals surface area (Å²) < 4.78 is 0. The average molecular weight is 142 g/mol. The number of aldehydes is 1. The number of nitrogens with two attached hydrogens (primary N) is 1. The van der Waals surface area contributed by atoms with Crippen LogP contribution in [-0.2, 0) is 4.79 Å². The highest BCUT2D eigenvalue weighted by molar-refractivity contribution is 5.58. The Balaban J connectivity index is 2.34. The standard InChI is InChI=1S/C7H14N2O/c8-3-5-9-4-1-2-7(9)6-10/h6-7H,1-5,8H2. The van der Waals surface area contributed by atoms with Crippen molar-refractivity contribution < 1.29 is 4.79 Å². The van der Waals surface area contributed by atoms with Crippen molar-refractivity contribution in [3.63, 3.8) is 0 Å². The van der Waals surface area contributed by atoms with E-state index in [0.717, 1.165) is 32.2 Å². The molecule has 1 unspecified atom stereocenters. The van der Waals surface area contributed by atoms with Gasteiger partial charge >= 0.3 is 0 Å². The molecule has 10 heavy (non-hydrogen) atoms. The molecule has 1 heterocycles. The maximum atomic E-state index is 10.4. The van der Waals surface area contributed by atoms with Gasteiger partial charge in [-0.15, -0.1) is 0 Å². The zero-order chi connectivity index (χ0) is 7.40. The summed E-state index contributed by atoms with van der Waals surface area (Å²) in [6.45, 7) is 2.56. The highest BCUT2D eigenvalue weighted by atomic mass is 16.1. The van der Waals surface area contributed by atoms with E-state index in [2.05, 4.69) is 4.90 Å². The Labute approximate surface area is 61.2 Å². The van der Waals surface area contributed by atoms with Crippen molar-refractivity contribution in [1.82, 2.24) is 4.90 Å². The van der Waals surface area contributed by atoms with Crippen LogP contribution < -0.4 is 5.73 Å². The number of hydrogen-bond acceptors (Lipinski definition) is 3. The molecule has 0 aromatic heterocycles. The van der Waals surface area contributed by atoms with Crippen LogP contribution in [0.3, 0.4) is 0 Å². The third-order valence-corrected chi connectivity index (χ3v) is 1.99. The van der Waals surface area contributed by atoms with Crippen LogP contribution >= 0.6 is 0 Å². The largest absolute Gasteiger partial charge is 0.329 e. The monoisotopic (exact) mass is 142 g/mol. The van der Waals surface area contributed by atoms with E-state index in [1.807, 2.05) is 0 Å². The molecular weight excluding hydrogens is 128 g/mol. The first kappa shape index (κ1) is 7.69. The van der Waals surface area contributed by atoms with Crippen LogP contribution in [0.5, 0.6) is 0 Å². The predicted octanol–water partition coefficient (Wildman–Crippen LogP) is -0.392. The van der Waals surface area contributed by atoms with Gasteiger partial charge < -0.3 is 10.5 Å². The molecule has 3 heteroatoms. The molecule has 1 aliphatic rings. The first-order chi connectivity index (χ1) is 4.88. The Morgan fingerprint density at radius 1 is 1.70 bits per heavy atom. The van der Waals surface area contributed by atoms with E-state index in [-0.39, 0.29) is 6.04 Å². The van der Waals surface area contributed by atoms with Crippen LogP contribution in [-0.4, -0.2) is 36.9 Å². The molecule has 0 aliphatic carbocycles. The van der Waals surface area contributed by atoms with Crippen LogP contribution in [0.4, 0.5) is 0 Å². The third kappa shape index (κ3) is 1.55. The van der Waals surface area contributed by atoms with Gasteiger partial charge in [0.2, 0.25) is 0 Å². The first-order valence-corrected chi connectivity index (χ1v) is 3.78. The Morgan fingerprint density at radius 3 is 3.10 bits per heavy atom. The summed E-state index contributed by atoms with van der Waals surface area (Å²) in [6, 6.07) is 0.156. The summed E-state index contributed by atoms with van der Waals surface area (Å²) in [7, 11) is 0. The Bertz CT molecular complexity index is 116. The fourth-order valence-corrected chi connectivity index (χ4v) is 1.45. The zero-order valence-electron chi connectivity index (χ0n) is 6.12. The summed E-state index contributed by atoms with van der Waals surface area (Å²) in [5.74, 6) is 0. The Morgan fingerprint density at radius 2 is 2.50 bits per heavy atom. The summed E-state index contributed by atoms with van der Waals surface area (Å²) in [5.41, 5.74) is 5.37. The van der Waals surface area contributed by atoms with E-state index < -0.39 is 0 Å². The van der Waals surface area contributed by atoms with Gasteiger partial charge in [-0.2, -0.15) is 0 Å². The fourth-order valence-electron chi connectivity index (χ4n) is 1.45. The average Bonchev–Trinajstić information content (AvgIpc) is 2.36. The lowest BCUT2D eigenvalue weighted by molar-refractivity contribution is -0.111. The minimum atomic E-state index is 0.156. The molecule has 0 aromatic rings. The number of carbonyl (C=O) groups is 1. The first-order valence-electron chi connectivity index (χ1n) is 3.78. The van der Waals surface area contributed by atoms with Crippen LogP contribution in [0, 0.1) is 0 Å². The molecule has 1 saturated heterocycles. The molecular formula is C7H14N2O. The molecule has 0 amide bonds. The maximum Gasteiger partial charge on any atom is 0.137 e. The maximum absolute atomic E-state index is 10.4. The topological polar surface area (TPSA) is 46.3 Å². The van der Waals surface area contributed by atoms with Gasteiger partial charge in [0.25, 0.3) is 0 Å². The van der Waals surface area contributed by atoms with E-state index in [0.29, 0.717) is 6.54 Å². The van der Waals surface area contributed by atoms with E-state index in [1.54, 1.807) is 0 Å². The fraction of sp³-hybridized carbons (Fsp3) is 0.857. The summed E-state index contributed by atoms with van der Waals surface area (Å²) in [4.78, 5) is 12.6.